The van der Waals surface area contributed by atoms with Crippen molar-refractivity contribution >= 4 is 5.82 Å². The van der Waals surface area contributed by atoms with Gasteiger partial charge in [-0.05, 0) is 13.3 Å². The number of nitrogen functional groups attached to an aromatic ring is 1. The van der Waals surface area contributed by atoms with Crippen LogP contribution in [0.3, 0.4) is 0 Å². The van der Waals surface area contributed by atoms with Crippen molar-refractivity contribution in [2.45, 2.75) is 19.4 Å². The first kappa shape index (κ1) is 7.78. The maximum absolute atomic E-state index is 5.39. The lowest BCUT2D eigenvalue weighted by atomic mass is 10.2. The van der Waals surface area contributed by atoms with Gasteiger partial charge in [0.15, 0.2) is 5.82 Å². The highest BCUT2D eigenvalue weighted by Crippen LogP contribution is 2.09. The third-order valence-corrected chi connectivity index (χ3v) is 1.49. The van der Waals surface area contributed by atoms with Gasteiger partial charge < -0.3 is 5.73 Å². The van der Waals surface area contributed by atoms with Crippen molar-refractivity contribution in [1.29, 1.82) is 0 Å². The first-order chi connectivity index (χ1) is 5.24. The molecule has 0 spiro atoms. The molecule has 0 aromatic carbocycles. The maximum Gasteiger partial charge on any atom is 0.165 e. The summed E-state index contributed by atoms with van der Waals surface area (Å²) in [7, 11) is 0. The van der Waals surface area contributed by atoms with Crippen LogP contribution < -0.4 is 5.73 Å². The fourth-order valence-corrected chi connectivity index (χ4v) is 0.855. The Hall–Kier alpha value is -1.32. The fraction of sp³-hybridized carbons (Fsp3) is 0.429. The monoisotopic (exact) mass is 152 g/mol. The number of anilines is 1. The Balaban J connectivity index is 2.67. The summed E-state index contributed by atoms with van der Waals surface area (Å²) >= 11 is 0. The molecule has 0 saturated heterocycles. The summed E-state index contributed by atoms with van der Waals surface area (Å²) in [6.45, 7) is 5.68. The minimum Gasteiger partial charge on any atom is -0.381 e. The van der Waals surface area contributed by atoms with Gasteiger partial charge in [-0.1, -0.05) is 11.3 Å². The van der Waals surface area contributed by atoms with Crippen LogP contribution in [0, 0.1) is 0 Å². The van der Waals surface area contributed by atoms with Crippen LogP contribution in [0.25, 0.3) is 0 Å². The molecule has 2 N–H and O–H groups in total. The zero-order valence-corrected chi connectivity index (χ0v) is 6.57. The molecular weight excluding hydrogens is 140 g/mol. The largest absolute Gasteiger partial charge is 0.381 e. The highest BCUT2D eigenvalue weighted by Gasteiger charge is 2.03. The van der Waals surface area contributed by atoms with Gasteiger partial charge in [-0.25, -0.2) is 4.68 Å². The lowest BCUT2D eigenvalue weighted by Crippen LogP contribution is -2.04. The summed E-state index contributed by atoms with van der Waals surface area (Å²) in [5.41, 5.74) is 5.39. The average Bonchev–Trinajstić information content (AvgIpc) is 2.36. The molecule has 4 heteroatoms. The number of rotatable bonds is 3. The Kier molecular flexibility index (Phi) is 2.25. The maximum atomic E-state index is 5.39. The first-order valence-electron chi connectivity index (χ1n) is 3.52. The molecule has 1 aromatic heterocycles. The van der Waals surface area contributed by atoms with Gasteiger partial charge in [0.2, 0.25) is 0 Å². The quantitative estimate of drug-likeness (QED) is 0.657. The summed E-state index contributed by atoms with van der Waals surface area (Å²) in [5.74, 6) is 0.459. The lowest BCUT2D eigenvalue weighted by Gasteiger charge is -2.06. The summed E-state index contributed by atoms with van der Waals surface area (Å²) in [6.07, 6.45) is 4.44. The zero-order valence-electron chi connectivity index (χ0n) is 6.57. The van der Waals surface area contributed by atoms with Crippen molar-refractivity contribution in [3.8, 4) is 0 Å². The van der Waals surface area contributed by atoms with Gasteiger partial charge in [0.05, 0.1) is 12.2 Å². The van der Waals surface area contributed by atoms with E-state index in [1.807, 2.05) is 13.0 Å². The third-order valence-electron chi connectivity index (χ3n) is 1.49. The van der Waals surface area contributed by atoms with E-state index in [2.05, 4.69) is 16.9 Å². The minimum atomic E-state index is 0.289. The Bertz CT molecular complexity index is 240. The molecule has 0 saturated carbocycles. The molecule has 0 aliphatic rings. The Morgan fingerprint density at radius 3 is 3.09 bits per heavy atom. The Labute approximate surface area is 65.7 Å². The molecule has 1 heterocycles. The van der Waals surface area contributed by atoms with E-state index in [0.29, 0.717) is 5.82 Å². The number of allylic oxidation sites excluding steroid dienone is 1. The molecule has 0 amide bonds. The second-order valence-electron chi connectivity index (χ2n) is 2.50. The number of aromatic nitrogens is 3. The molecule has 11 heavy (non-hydrogen) atoms. The van der Waals surface area contributed by atoms with Crippen molar-refractivity contribution in [3.05, 3.63) is 18.9 Å². The van der Waals surface area contributed by atoms with E-state index < -0.39 is 0 Å². The number of nitrogens with zero attached hydrogens (tertiary/aromatic N) is 3. The van der Waals surface area contributed by atoms with Crippen molar-refractivity contribution < 1.29 is 0 Å². The molecule has 60 valence electrons. The second kappa shape index (κ2) is 3.18. The third kappa shape index (κ3) is 1.80. The average molecular weight is 152 g/mol. The smallest absolute Gasteiger partial charge is 0.165 e. The topological polar surface area (TPSA) is 56.7 Å². The van der Waals surface area contributed by atoms with Crippen molar-refractivity contribution in [3.63, 3.8) is 0 Å². The van der Waals surface area contributed by atoms with Gasteiger partial charge in [-0.3, -0.25) is 0 Å². The van der Waals surface area contributed by atoms with Crippen LogP contribution in [0.15, 0.2) is 18.9 Å². The van der Waals surface area contributed by atoms with Crippen molar-refractivity contribution in [2.24, 2.45) is 0 Å². The molecule has 0 aliphatic heterocycles. The van der Waals surface area contributed by atoms with E-state index in [1.54, 1.807) is 10.9 Å². The highest BCUT2D eigenvalue weighted by molar-refractivity contribution is 5.20. The molecule has 0 bridgehead atoms. The molecule has 1 aromatic rings. The van der Waals surface area contributed by atoms with Gasteiger partial charge in [-0.15, -0.1) is 11.7 Å². The molecular formula is C7H12N4. The van der Waals surface area contributed by atoms with Crippen LogP contribution in [0.4, 0.5) is 5.82 Å². The van der Waals surface area contributed by atoms with Gasteiger partial charge in [0, 0.05) is 0 Å². The van der Waals surface area contributed by atoms with Crippen LogP contribution in [-0.4, -0.2) is 15.0 Å². The molecule has 0 fully saturated rings. The van der Waals surface area contributed by atoms with E-state index in [-0.39, 0.29) is 6.04 Å². The van der Waals surface area contributed by atoms with Crippen LogP contribution >= 0.6 is 0 Å². The van der Waals surface area contributed by atoms with E-state index in [4.69, 9.17) is 5.73 Å². The molecule has 1 rings (SSSR count). The molecule has 1 atom stereocenters. The van der Waals surface area contributed by atoms with Gasteiger partial charge in [0.1, 0.15) is 0 Å². The second-order valence-corrected chi connectivity index (χ2v) is 2.50. The lowest BCUT2D eigenvalue weighted by molar-refractivity contribution is 0.481. The highest BCUT2D eigenvalue weighted by atomic mass is 15.4. The number of hydrogen-bond donors (Lipinski definition) is 1. The normalized spacial score (nSPS) is 12.8. The van der Waals surface area contributed by atoms with Crippen molar-refractivity contribution in [2.75, 3.05) is 5.73 Å². The predicted molar refractivity (Wildman–Crippen MR) is 44.0 cm³/mol. The first-order valence-corrected chi connectivity index (χ1v) is 3.52. The predicted octanol–water partition coefficient (Wildman–Crippen LogP) is 0.997. The summed E-state index contributed by atoms with van der Waals surface area (Å²) in [4.78, 5) is 0. The summed E-state index contributed by atoms with van der Waals surface area (Å²) < 4.78 is 1.73. The van der Waals surface area contributed by atoms with Crippen LogP contribution in [0.5, 0.6) is 0 Å². The van der Waals surface area contributed by atoms with Gasteiger partial charge in [-0.2, -0.15) is 0 Å². The van der Waals surface area contributed by atoms with E-state index in [9.17, 15) is 0 Å². The van der Waals surface area contributed by atoms with E-state index in [1.165, 1.54) is 0 Å². The zero-order chi connectivity index (χ0) is 8.27. The number of hydrogen-bond acceptors (Lipinski definition) is 3. The fourth-order valence-electron chi connectivity index (χ4n) is 0.855. The molecule has 4 nitrogen and oxygen atoms in total. The van der Waals surface area contributed by atoms with Crippen LogP contribution in [-0.2, 0) is 0 Å². The summed E-state index contributed by atoms with van der Waals surface area (Å²) in [6, 6.07) is 0.289. The SMILES string of the molecule is C=CCC(C)n1cc(N)nn1. The van der Waals surface area contributed by atoms with Gasteiger partial charge in [0.25, 0.3) is 0 Å². The number of nitrogens with two attached hydrogens (primary N) is 1. The Morgan fingerprint density at radius 1 is 1.91 bits per heavy atom. The molecule has 0 radical (unpaired) electrons. The Morgan fingerprint density at radius 2 is 2.64 bits per heavy atom. The van der Waals surface area contributed by atoms with Crippen molar-refractivity contribution in [1.82, 2.24) is 15.0 Å². The van der Waals surface area contributed by atoms with E-state index >= 15 is 0 Å². The molecule has 1 unspecified atom stereocenters. The standard InChI is InChI=1S/C7H12N4/c1-3-4-6(2)11-5-7(8)9-10-11/h3,5-6H,1,4,8H2,2H3. The molecule has 0 aliphatic carbocycles. The van der Waals surface area contributed by atoms with Crippen LogP contribution in [0.2, 0.25) is 0 Å². The van der Waals surface area contributed by atoms with Gasteiger partial charge >= 0.3 is 0 Å². The van der Waals surface area contributed by atoms with E-state index in [0.717, 1.165) is 6.42 Å². The van der Waals surface area contributed by atoms with Crippen LogP contribution in [0.1, 0.15) is 19.4 Å². The summed E-state index contributed by atoms with van der Waals surface area (Å²) in [5, 5.41) is 7.50. The minimum absolute atomic E-state index is 0.289.